The average molecular weight is 572 g/mol. The number of amides is 1. The first-order valence-electron chi connectivity index (χ1n) is 12.9. The second kappa shape index (κ2) is 10.6. The number of halogens is 2. The summed E-state index contributed by atoms with van der Waals surface area (Å²) >= 11 is 3.24. The fourth-order valence-corrected chi connectivity index (χ4v) is 6.07. The molecule has 8 heteroatoms. The summed E-state index contributed by atoms with van der Waals surface area (Å²) in [4.78, 5) is 27.6. The van der Waals surface area contributed by atoms with Gasteiger partial charge < -0.3 is 19.2 Å². The maximum absolute atomic E-state index is 14.1. The van der Waals surface area contributed by atoms with E-state index in [4.69, 9.17) is 9.15 Å². The van der Waals surface area contributed by atoms with Crippen LogP contribution < -0.4 is 10.4 Å². The summed E-state index contributed by atoms with van der Waals surface area (Å²) < 4.78 is 26.1. The molecule has 1 aliphatic carbocycles. The van der Waals surface area contributed by atoms with Gasteiger partial charge in [0.2, 0.25) is 5.91 Å². The molecule has 1 aliphatic heterocycles. The summed E-state index contributed by atoms with van der Waals surface area (Å²) in [6.07, 6.45) is 5.08. The molecule has 1 N–H and O–H groups in total. The van der Waals surface area contributed by atoms with Crippen molar-refractivity contribution in [3.63, 3.8) is 0 Å². The van der Waals surface area contributed by atoms with Gasteiger partial charge in [-0.2, -0.15) is 0 Å². The highest BCUT2D eigenvalue weighted by atomic mass is 79.9. The normalized spacial score (nSPS) is 21.6. The molecule has 0 bridgehead atoms. The van der Waals surface area contributed by atoms with Gasteiger partial charge in [0.1, 0.15) is 23.8 Å². The topological polar surface area (TPSA) is 80.0 Å². The molecule has 5 rings (SSSR count). The van der Waals surface area contributed by atoms with E-state index in [0.717, 1.165) is 36.6 Å². The van der Waals surface area contributed by atoms with Gasteiger partial charge in [-0.1, -0.05) is 34.8 Å². The van der Waals surface area contributed by atoms with Crippen LogP contribution in [0.25, 0.3) is 11.0 Å². The van der Waals surface area contributed by atoms with Gasteiger partial charge in [0.15, 0.2) is 0 Å². The Bertz CT molecular complexity index is 1390. The lowest BCUT2D eigenvalue weighted by atomic mass is 9.71. The largest absolute Gasteiger partial charge is 0.489 e. The van der Waals surface area contributed by atoms with Crippen molar-refractivity contribution >= 4 is 32.8 Å². The lowest BCUT2D eigenvalue weighted by molar-refractivity contribution is -0.143. The Morgan fingerprint density at radius 1 is 1.24 bits per heavy atom. The zero-order chi connectivity index (χ0) is 26.2. The predicted molar refractivity (Wildman–Crippen MR) is 142 cm³/mol. The predicted octanol–water partition coefficient (Wildman–Crippen LogP) is 5.67. The van der Waals surface area contributed by atoms with Crippen molar-refractivity contribution < 1.29 is 23.4 Å². The number of ether oxygens (including phenoxy) is 1. The summed E-state index contributed by atoms with van der Waals surface area (Å²) in [5, 5.41) is 11.7. The first-order valence-corrected chi connectivity index (χ1v) is 13.7. The van der Waals surface area contributed by atoms with Crippen molar-refractivity contribution in [1.82, 2.24) is 4.90 Å². The maximum atomic E-state index is 14.1. The Hall–Kier alpha value is -2.71. The van der Waals surface area contributed by atoms with Crippen molar-refractivity contribution in [3.05, 3.63) is 73.8 Å². The SMILES string of the molecule is Cc1c(CCC(=O)N2CC[C@]3(O)CCCC[C@H]3C2)c(=O)oc2cc(OCc3ccc(Br)cc3F)ccc12. The van der Waals surface area contributed by atoms with Gasteiger partial charge in [-0.15, -0.1) is 0 Å². The number of aryl methyl sites for hydroxylation is 1. The minimum atomic E-state index is -0.625. The van der Waals surface area contributed by atoms with Crippen LogP contribution in [0.2, 0.25) is 0 Å². The molecular formula is C29H31BrFNO5. The van der Waals surface area contributed by atoms with Crippen molar-refractivity contribution in [3.8, 4) is 5.75 Å². The minimum Gasteiger partial charge on any atom is -0.489 e. The number of hydrogen-bond donors (Lipinski definition) is 1. The molecule has 1 saturated heterocycles. The lowest BCUT2D eigenvalue weighted by Crippen LogP contribution is -2.54. The molecule has 2 atom stereocenters. The number of likely N-dealkylation sites (tertiary alicyclic amines) is 1. The van der Waals surface area contributed by atoms with E-state index >= 15 is 0 Å². The molecule has 0 spiro atoms. The number of benzene rings is 2. The fourth-order valence-electron chi connectivity index (χ4n) is 5.74. The second-order valence-corrected chi connectivity index (χ2v) is 11.2. The second-order valence-electron chi connectivity index (χ2n) is 10.3. The standard InChI is InChI=1S/C29H31BrFNO5/c1-18-23-8-7-22(36-17-19-5-6-21(30)14-25(19)31)15-26(23)37-28(34)24(18)9-10-27(33)32-13-12-29(35)11-3-2-4-20(29)16-32/h5-8,14-15,20,35H,2-4,9-13,16-17H2,1H3/t20-,29+/m0/s1. The van der Waals surface area contributed by atoms with Crippen LogP contribution in [0.4, 0.5) is 4.39 Å². The van der Waals surface area contributed by atoms with E-state index in [1.807, 2.05) is 17.9 Å². The Labute approximate surface area is 223 Å². The number of hydrogen-bond acceptors (Lipinski definition) is 5. The quantitative estimate of drug-likeness (QED) is 0.386. The third-order valence-corrected chi connectivity index (χ3v) is 8.53. The highest BCUT2D eigenvalue weighted by Gasteiger charge is 2.43. The Morgan fingerprint density at radius 2 is 2.08 bits per heavy atom. The van der Waals surface area contributed by atoms with Crippen molar-refractivity contribution in [2.24, 2.45) is 5.92 Å². The number of carbonyl (C=O) groups excluding carboxylic acids is 1. The zero-order valence-corrected chi connectivity index (χ0v) is 22.5. The monoisotopic (exact) mass is 571 g/mol. The molecule has 0 radical (unpaired) electrons. The van der Waals surface area contributed by atoms with E-state index in [1.165, 1.54) is 6.07 Å². The zero-order valence-electron chi connectivity index (χ0n) is 20.9. The Balaban J connectivity index is 1.25. The number of piperidine rings is 1. The highest BCUT2D eigenvalue weighted by molar-refractivity contribution is 9.10. The third-order valence-electron chi connectivity index (χ3n) is 8.04. The van der Waals surface area contributed by atoms with E-state index in [-0.39, 0.29) is 30.7 Å². The summed E-state index contributed by atoms with van der Waals surface area (Å²) in [5.41, 5.74) is 0.999. The van der Waals surface area contributed by atoms with Crippen LogP contribution in [0.15, 0.2) is 50.1 Å². The third kappa shape index (κ3) is 5.46. The molecular weight excluding hydrogens is 541 g/mol. The smallest absolute Gasteiger partial charge is 0.339 e. The molecule has 196 valence electrons. The van der Waals surface area contributed by atoms with Crippen molar-refractivity contribution in [1.29, 1.82) is 0 Å². The molecule has 1 saturated carbocycles. The number of fused-ring (bicyclic) bond motifs is 2. The first kappa shape index (κ1) is 25.9. The van der Waals surface area contributed by atoms with Crippen molar-refractivity contribution in [2.45, 2.75) is 64.1 Å². The Kier molecular flexibility index (Phi) is 7.41. The Morgan fingerprint density at radius 3 is 2.89 bits per heavy atom. The van der Waals surface area contributed by atoms with Gasteiger partial charge in [0.05, 0.1) is 5.60 Å². The van der Waals surface area contributed by atoms with E-state index in [1.54, 1.807) is 24.3 Å². The number of aliphatic hydroxyl groups is 1. The van der Waals surface area contributed by atoms with Crippen LogP contribution in [-0.4, -0.2) is 34.6 Å². The molecule has 6 nitrogen and oxygen atoms in total. The molecule has 2 fully saturated rings. The van der Waals surface area contributed by atoms with Crippen molar-refractivity contribution in [2.75, 3.05) is 13.1 Å². The first-order chi connectivity index (χ1) is 17.7. The summed E-state index contributed by atoms with van der Waals surface area (Å²) in [7, 11) is 0. The molecule has 0 unspecified atom stereocenters. The average Bonchev–Trinajstić information content (AvgIpc) is 2.87. The van der Waals surface area contributed by atoms with Gasteiger partial charge in [-0.05, 0) is 62.4 Å². The van der Waals surface area contributed by atoms with Gasteiger partial charge in [0.25, 0.3) is 0 Å². The van der Waals surface area contributed by atoms with Gasteiger partial charge in [0, 0.05) is 52.5 Å². The van der Waals surface area contributed by atoms with E-state index < -0.39 is 11.2 Å². The summed E-state index contributed by atoms with van der Waals surface area (Å²) in [6, 6.07) is 10.00. The summed E-state index contributed by atoms with van der Waals surface area (Å²) in [5.74, 6) is 0.252. The molecule has 2 heterocycles. The van der Waals surface area contributed by atoms with Crippen LogP contribution in [0.1, 0.15) is 55.2 Å². The minimum absolute atomic E-state index is 0.00967. The van der Waals surface area contributed by atoms with Crippen LogP contribution >= 0.6 is 15.9 Å². The van der Waals surface area contributed by atoms with Crippen LogP contribution in [-0.2, 0) is 17.8 Å². The maximum Gasteiger partial charge on any atom is 0.339 e. The highest BCUT2D eigenvalue weighted by Crippen LogP contribution is 2.40. The van der Waals surface area contributed by atoms with Crippen LogP contribution in [0, 0.1) is 18.7 Å². The van der Waals surface area contributed by atoms with Gasteiger partial charge >= 0.3 is 5.63 Å². The van der Waals surface area contributed by atoms with Gasteiger partial charge in [-0.25, -0.2) is 9.18 Å². The lowest BCUT2D eigenvalue weighted by Gasteiger charge is -2.47. The van der Waals surface area contributed by atoms with Crippen LogP contribution in [0.3, 0.4) is 0 Å². The molecule has 1 aromatic heterocycles. The van der Waals surface area contributed by atoms with E-state index in [2.05, 4.69) is 15.9 Å². The number of nitrogens with zero attached hydrogens (tertiary/aromatic N) is 1. The summed E-state index contributed by atoms with van der Waals surface area (Å²) in [6.45, 7) is 3.06. The molecule has 37 heavy (non-hydrogen) atoms. The van der Waals surface area contributed by atoms with Crippen LogP contribution in [0.5, 0.6) is 5.75 Å². The molecule has 2 aromatic carbocycles. The fraction of sp³-hybridized carbons (Fsp3) is 0.448. The number of rotatable bonds is 6. The van der Waals surface area contributed by atoms with E-state index in [0.29, 0.717) is 52.9 Å². The molecule has 1 amide bonds. The molecule has 2 aliphatic rings. The molecule has 3 aromatic rings. The van der Waals surface area contributed by atoms with E-state index in [9.17, 15) is 19.1 Å². The number of carbonyl (C=O) groups is 1. The van der Waals surface area contributed by atoms with Gasteiger partial charge in [-0.3, -0.25) is 4.79 Å².